The van der Waals surface area contributed by atoms with Crippen LogP contribution in [0.25, 0.3) is 0 Å². The summed E-state index contributed by atoms with van der Waals surface area (Å²) in [7, 11) is 0. The van der Waals surface area contributed by atoms with Crippen molar-refractivity contribution < 1.29 is 4.74 Å². The monoisotopic (exact) mass is 369 g/mol. The molecule has 0 unspecified atom stereocenters. The van der Waals surface area contributed by atoms with Gasteiger partial charge in [0, 0.05) is 19.6 Å². The highest BCUT2D eigenvalue weighted by atomic mass is 127. The van der Waals surface area contributed by atoms with E-state index in [0.29, 0.717) is 11.9 Å². The lowest BCUT2D eigenvalue weighted by Gasteiger charge is -2.29. The van der Waals surface area contributed by atoms with Gasteiger partial charge in [-0.3, -0.25) is 4.99 Å². The van der Waals surface area contributed by atoms with Crippen molar-refractivity contribution in [2.45, 2.75) is 34.1 Å². The number of nitrogens with zero attached hydrogens (tertiary/aromatic N) is 2. The first kappa shape index (κ1) is 18.0. The Morgan fingerprint density at radius 1 is 1.33 bits per heavy atom. The van der Waals surface area contributed by atoms with Crippen LogP contribution in [0.3, 0.4) is 0 Å². The van der Waals surface area contributed by atoms with Crippen LogP contribution in [0.5, 0.6) is 0 Å². The second-order valence-electron chi connectivity index (χ2n) is 6.04. The first-order chi connectivity index (χ1) is 7.91. The summed E-state index contributed by atoms with van der Waals surface area (Å²) in [4.78, 5) is 6.64. The molecule has 4 nitrogen and oxygen atoms in total. The topological polar surface area (TPSA) is 50.8 Å². The molecule has 0 radical (unpaired) electrons. The molecule has 1 fully saturated rings. The molecule has 0 aromatic rings. The van der Waals surface area contributed by atoms with Crippen molar-refractivity contribution in [2.24, 2.45) is 22.1 Å². The van der Waals surface area contributed by atoms with E-state index in [1.807, 2.05) is 0 Å². The summed E-state index contributed by atoms with van der Waals surface area (Å²) in [5.41, 5.74) is 6.23. The highest BCUT2D eigenvalue weighted by Crippen LogP contribution is 2.25. The summed E-state index contributed by atoms with van der Waals surface area (Å²) in [5, 5.41) is 0. The summed E-state index contributed by atoms with van der Waals surface area (Å²) >= 11 is 0. The van der Waals surface area contributed by atoms with E-state index in [4.69, 9.17) is 10.5 Å². The smallest absolute Gasteiger partial charge is 0.191 e. The van der Waals surface area contributed by atoms with Gasteiger partial charge in [0.25, 0.3) is 0 Å². The van der Waals surface area contributed by atoms with Crippen LogP contribution in [0.15, 0.2) is 4.99 Å². The molecule has 0 atom stereocenters. The van der Waals surface area contributed by atoms with Gasteiger partial charge in [-0.2, -0.15) is 0 Å². The molecule has 0 aromatic heterocycles. The predicted octanol–water partition coefficient (Wildman–Crippen LogP) is 2.32. The molecule has 0 saturated carbocycles. The number of ether oxygens (including phenoxy) is 1. The van der Waals surface area contributed by atoms with Gasteiger partial charge < -0.3 is 15.4 Å². The number of rotatable bonds is 4. The number of nitrogens with two attached hydrogens (primary N) is 1. The molecule has 108 valence electrons. The van der Waals surface area contributed by atoms with E-state index in [1.165, 1.54) is 6.42 Å². The maximum Gasteiger partial charge on any atom is 0.191 e. The van der Waals surface area contributed by atoms with Crippen LogP contribution < -0.4 is 5.73 Å². The zero-order valence-electron chi connectivity index (χ0n) is 12.1. The normalized spacial score (nSPS) is 17.8. The average Bonchev–Trinajstić information content (AvgIpc) is 2.25. The van der Waals surface area contributed by atoms with Crippen LogP contribution in [0.4, 0.5) is 0 Å². The molecule has 1 heterocycles. The van der Waals surface area contributed by atoms with Crippen molar-refractivity contribution in [3.8, 4) is 0 Å². The highest BCUT2D eigenvalue weighted by molar-refractivity contribution is 14.0. The molecule has 0 amide bonds. The number of morpholine rings is 1. The zero-order valence-corrected chi connectivity index (χ0v) is 14.4. The molecule has 0 spiro atoms. The fourth-order valence-electron chi connectivity index (χ4n) is 2.36. The number of hydrogen-bond donors (Lipinski definition) is 1. The third-order valence-corrected chi connectivity index (χ3v) is 2.96. The lowest BCUT2D eigenvalue weighted by molar-refractivity contribution is 0.0673. The van der Waals surface area contributed by atoms with Gasteiger partial charge in [0.05, 0.1) is 13.2 Å². The van der Waals surface area contributed by atoms with Crippen molar-refractivity contribution in [1.82, 2.24) is 4.90 Å². The highest BCUT2D eigenvalue weighted by Gasteiger charge is 2.20. The Morgan fingerprint density at radius 3 is 2.39 bits per heavy atom. The maximum absolute atomic E-state index is 6.01. The lowest BCUT2D eigenvalue weighted by atomic mass is 9.84. The zero-order chi connectivity index (χ0) is 12.9. The van der Waals surface area contributed by atoms with E-state index < -0.39 is 0 Å². The molecule has 1 saturated heterocycles. The van der Waals surface area contributed by atoms with Gasteiger partial charge in [-0.1, -0.05) is 27.7 Å². The minimum Gasteiger partial charge on any atom is -0.378 e. The van der Waals surface area contributed by atoms with E-state index in [-0.39, 0.29) is 29.4 Å². The fourth-order valence-corrected chi connectivity index (χ4v) is 2.36. The van der Waals surface area contributed by atoms with Gasteiger partial charge in [-0.25, -0.2) is 0 Å². The molecule has 1 rings (SSSR count). The first-order valence-corrected chi connectivity index (χ1v) is 6.53. The lowest BCUT2D eigenvalue weighted by Crippen LogP contribution is -2.45. The van der Waals surface area contributed by atoms with E-state index in [9.17, 15) is 0 Å². The Balaban J connectivity index is 0.00000289. The Morgan fingerprint density at radius 2 is 1.89 bits per heavy atom. The largest absolute Gasteiger partial charge is 0.378 e. The predicted molar refractivity (Wildman–Crippen MR) is 87.5 cm³/mol. The second-order valence-corrected chi connectivity index (χ2v) is 6.04. The van der Waals surface area contributed by atoms with E-state index in [0.717, 1.165) is 32.8 Å². The number of halogens is 1. The van der Waals surface area contributed by atoms with Crippen LogP contribution in [0.1, 0.15) is 34.1 Å². The Labute approximate surface area is 128 Å². The quantitative estimate of drug-likeness (QED) is 0.470. The van der Waals surface area contributed by atoms with Gasteiger partial charge in [0.1, 0.15) is 0 Å². The molecule has 1 aliphatic rings. The molecule has 5 heteroatoms. The van der Waals surface area contributed by atoms with Crippen molar-refractivity contribution in [3.63, 3.8) is 0 Å². The van der Waals surface area contributed by atoms with Crippen LogP contribution >= 0.6 is 24.0 Å². The minimum absolute atomic E-state index is 0. The van der Waals surface area contributed by atoms with Crippen LogP contribution in [-0.4, -0.2) is 43.7 Å². The Bertz CT molecular complexity index is 261. The molecular weight excluding hydrogens is 341 g/mol. The molecule has 0 aromatic carbocycles. The molecule has 18 heavy (non-hydrogen) atoms. The van der Waals surface area contributed by atoms with Crippen LogP contribution in [0.2, 0.25) is 0 Å². The number of aliphatic imine (C=N–C) groups is 1. The maximum atomic E-state index is 6.01. The standard InChI is InChI=1S/C13H27N3O.HI/c1-11(2)9-13(3,4)10-15-12(14)16-5-7-17-8-6-16;/h11H,5-10H2,1-4H3,(H2,14,15);1H. The minimum atomic E-state index is 0. The third kappa shape index (κ3) is 6.78. The van der Waals surface area contributed by atoms with Crippen molar-refractivity contribution in [1.29, 1.82) is 0 Å². The van der Waals surface area contributed by atoms with Gasteiger partial charge in [-0.05, 0) is 17.8 Å². The van der Waals surface area contributed by atoms with Gasteiger partial charge in [-0.15, -0.1) is 24.0 Å². The van der Waals surface area contributed by atoms with Gasteiger partial charge in [0.15, 0.2) is 5.96 Å². The van der Waals surface area contributed by atoms with Gasteiger partial charge >= 0.3 is 0 Å². The van der Waals surface area contributed by atoms with Crippen molar-refractivity contribution >= 4 is 29.9 Å². The van der Waals surface area contributed by atoms with Crippen molar-refractivity contribution in [3.05, 3.63) is 0 Å². The second kappa shape index (κ2) is 8.19. The summed E-state index contributed by atoms with van der Waals surface area (Å²) in [6.07, 6.45) is 1.17. The number of guanidine groups is 1. The van der Waals surface area contributed by atoms with E-state index in [1.54, 1.807) is 0 Å². The third-order valence-electron chi connectivity index (χ3n) is 2.96. The summed E-state index contributed by atoms with van der Waals surface area (Å²) in [6, 6.07) is 0. The Kier molecular flexibility index (Phi) is 8.18. The van der Waals surface area contributed by atoms with Crippen molar-refractivity contribution in [2.75, 3.05) is 32.8 Å². The number of hydrogen-bond acceptors (Lipinski definition) is 2. The summed E-state index contributed by atoms with van der Waals surface area (Å²) in [5.74, 6) is 1.37. The molecule has 1 aliphatic heterocycles. The first-order valence-electron chi connectivity index (χ1n) is 6.53. The molecule has 2 N–H and O–H groups in total. The average molecular weight is 369 g/mol. The molecular formula is C13H28IN3O. The molecule has 0 aliphatic carbocycles. The molecule has 0 bridgehead atoms. The fraction of sp³-hybridized carbons (Fsp3) is 0.923. The summed E-state index contributed by atoms with van der Waals surface area (Å²) in [6.45, 7) is 13.0. The van der Waals surface area contributed by atoms with E-state index >= 15 is 0 Å². The van der Waals surface area contributed by atoms with Crippen LogP contribution in [-0.2, 0) is 4.74 Å². The Hall–Kier alpha value is -0.0400. The van der Waals surface area contributed by atoms with Crippen LogP contribution in [0, 0.1) is 11.3 Å². The SMILES string of the molecule is CC(C)CC(C)(C)CN=C(N)N1CCOCC1.I. The van der Waals surface area contributed by atoms with Gasteiger partial charge in [0.2, 0.25) is 0 Å². The summed E-state index contributed by atoms with van der Waals surface area (Å²) < 4.78 is 5.30. The van der Waals surface area contributed by atoms with E-state index in [2.05, 4.69) is 37.6 Å².